The van der Waals surface area contributed by atoms with Gasteiger partial charge in [-0.1, -0.05) is 11.6 Å². The molecule has 1 aromatic carbocycles. The molecule has 2 aromatic heterocycles. The van der Waals surface area contributed by atoms with E-state index in [0.717, 1.165) is 25.8 Å². The Bertz CT molecular complexity index is 801. The van der Waals surface area contributed by atoms with Gasteiger partial charge in [0.25, 0.3) is 5.56 Å². The van der Waals surface area contributed by atoms with Gasteiger partial charge in [-0.3, -0.25) is 13.8 Å². The summed E-state index contributed by atoms with van der Waals surface area (Å²) in [6, 6.07) is 5.90. The van der Waals surface area contributed by atoms with Crippen molar-refractivity contribution in [3.8, 4) is 0 Å². The third-order valence-corrected chi connectivity index (χ3v) is 3.72. The highest BCUT2D eigenvalue weighted by Gasteiger charge is 2.11. The van der Waals surface area contributed by atoms with Crippen molar-refractivity contribution >= 4 is 39.1 Å². The topological polar surface area (TPSA) is 39.3 Å². The molecule has 0 bridgehead atoms. The molecule has 4 nitrogen and oxygen atoms in total. The SMILES string of the molecule is Cc1ccc2c(c1)c(=O)n(C)c1c(I)ncn21. The van der Waals surface area contributed by atoms with E-state index in [0.29, 0.717) is 0 Å². The van der Waals surface area contributed by atoms with Gasteiger partial charge < -0.3 is 0 Å². The van der Waals surface area contributed by atoms with Crippen LogP contribution in [0.15, 0.2) is 29.3 Å². The highest BCUT2D eigenvalue weighted by Crippen LogP contribution is 2.17. The lowest BCUT2D eigenvalue weighted by atomic mass is 10.1. The van der Waals surface area contributed by atoms with Crippen LogP contribution in [-0.2, 0) is 7.05 Å². The zero-order chi connectivity index (χ0) is 12.2. The lowest BCUT2D eigenvalue weighted by Crippen LogP contribution is -2.19. The fraction of sp³-hybridized carbons (Fsp3) is 0.167. The van der Waals surface area contributed by atoms with Gasteiger partial charge in [-0.2, -0.15) is 0 Å². The first kappa shape index (κ1) is 10.8. The molecule has 86 valence electrons. The standard InChI is InChI=1S/C12H10IN3O/c1-7-3-4-9-8(5-7)12(17)15(2)11-10(13)14-6-16(9)11/h3-6H,1-2H3. The summed E-state index contributed by atoms with van der Waals surface area (Å²) in [6.45, 7) is 1.99. The quantitative estimate of drug-likeness (QED) is 0.589. The third-order valence-electron chi connectivity index (χ3n) is 2.96. The molecule has 0 N–H and O–H groups in total. The Kier molecular flexibility index (Phi) is 2.25. The fourth-order valence-electron chi connectivity index (χ4n) is 2.10. The van der Waals surface area contributed by atoms with Crippen molar-refractivity contribution in [2.45, 2.75) is 6.92 Å². The minimum atomic E-state index is 0.0228. The normalized spacial score (nSPS) is 11.5. The molecule has 0 atom stereocenters. The minimum Gasteiger partial charge on any atom is -0.295 e. The fourth-order valence-corrected chi connectivity index (χ4v) is 2.85. The van der Waals surface area contributed by atoms with Crippen LogP contribution < -0.4 is 5.56 Å². The predicted molar refractivity (Wildman–Crippen MR) is 75.4 cm³/mol. The number of aryl methyl sites for hydroxylation is 2. The van der Waals surface area contributed by atoms with Crippen molar-refractivity contribution < 1.29 is 0 Å². The second kappa shape index (κ2) is 3.56. The Balaban J connectivity index is 2.71. The van der Waals surface area contributed by atoms with Crippen molar-refractivity contribution in [1.82, 2.24) is 14.0 Å². The first-order chi connectivity index (χ1) is 8.09. The molecule has 0 spiro atoms. The van der Waals surface area contributed by atoms with Crippen LogP contribution in [0.3, 0.4) is 0 Å². The van der Waals surface area contributed by atoms with Gasteiger partial charge in [0.2, 0.25) is 0 Å². The van der Waals surface area contributed by atoms with Gasteiger partial charge in [0, 0.05) is 7.05 Å². The monoisotopic (exact) mass is 339 g/mol. The van der Waals surface area contributed by atoms with Gasteiger partial charge in [0.05, 0.1) is 10.9 Å². The van der Waals surface area contributed by atoms with Crippen LogP contribution in [-0.4, -0.2) is 14.0 Å². The van der Waals surface area contributed by atoms with Crippen molar-refractivity contribution in [3.63, 3.8) is 0 Å². The summed E-state index contributed by atoms with van der Waals surface area (Å²) in [7, 11) is 1.78. The van der Waals surface area contributed by atoms with Gasteiger partial charge in [0.1, 0.15) is 10.0 Å². The number of hydrogen-bond acceptors (Lipinski definition) is 2. The number of aromatic nitrogens is 3. The zero-order valence-corrected chi connectivity index (χ0v) is 11.6. The molecule has 0 fully saturated rings. The number of fused-ring (bicyclic) bond motifs is 3. The zero-order valence-electron chi connectivity index (χ0n) is 9.44. The van der Waals surface area contributed by atoms with Crippen LogP contribution >= 0.6 is 22.6 Å². The summed E-state index contributed by atoms with van der Waals surface area (Å²) < 4.78 is 4.44. The molecule has 0 saturated carbocycles. The van der Waals surface area contributed by atoms with Crippen molar-refractivity contribution in [3.05, 3.63) is 44.1 Å². The molecule has 5 heteroatoms. The average Bonchev–Trinajstić information content (AvgIpc) is 2.68. The summed E-state index contributed by atoms with van der Waals surface area (Å²) in [6.07, 6.45) is 1.76. The maximum Gasteiger partial charge on any atom is 0.261 e. The lowest BCUT2D eigenvalue weighted by Gasteiger charge is -2.07. The van der Waals surface area contributed by atoms with E-state index in [-0.39, 0.29) is 5.56 Å². The predicted octanol–water partition coefficient (Wildman–Crippen LogP) is 2.10. The Morgan fingerprint density at radius 1 is 1.35 bits per heavy atom. The second-order valence-corrected chi connectivity index (χ2v) is 5.14. The number of imidazole rings is 1. The molecule has 3 aromatic rings. The molecule has 0 saturated heterocycles. The second-order valence-electron chi connectivity index (χ2n) is 4.11. The summed E-state index contributed by atoms with van der Waals surface area (Å²) >= 11 is 2.14. The minimum absolute atomic E-state index is 0.0228. The first-order valence-electron chi connectivity index (χ1n) is 5.21. The molecule has 0 aliphatic rings. The Morgan fingerprint density at radius 3 is 2.88 bits per heavy atom. The highest BCUT2D eigenvalue weighted by molar-refractivity contribution is 14.1. The maximum absolute atomic E-state index is 12.3. The van der Waals surface area contributed by atoms with Crippen molar-refractivity contribution in [2.75, 3.05) is 0 Å². The number of rotatable bonds is 0. The van der Waals surface area contributed by atoms with Gasteiger partial charge in [0.15, 0.2) is 5.65 Å². The third kappa shape index (κ3) is 1.41. The molecule has 0 aliphatic heterocycles. The molecule has 0 radical (unpaired) electrons. The smallest absolute Gasteiger partial charge is 0.261 e. The number of benzene rings is 1. The van der Waals surface area contributed by atoms with Crippen LogP contribution in [0, 0.1) is 10.6 Å². The van der Waals surface area contributed by atoms with Crippen LogP contribution in [0.4, 0.5) is 0 Å². The molecule has 2 heterocycles. The van der Waals surface area contributed by atoms with Crippen molar-refractivity contribution in [2.24, 2.45) is 7.05 Å². The van der Waals surface area contributed by atoms with Gasteiger partial charge in [-0.25, -0.2) is 4.98 Å². The van der Waals surface area contributed by atoms with Gasteiger partial charge in [-0.05, 0) is 41.6 Å². The van der Waals surface area contributed by atoms with E-state index in [1.54, 1.807) is 17.9 Å². The number of hydrogen-bond donors (Lipinski definition) is 0. The van der Waals surface area contributed by atoms with E-state index in [4.69, 9.17) is 0 Å². The molecule has 0 amide bonds. The Hall–Kier alpha value is -1.37. The first-order valence-corrected chi connectivity index (χ1v) is 6.29. The summed E-state index contributed by atoms with van der Waals surface area (Å²) in [5.41, 5.74) is 2.86. The molecule has 17 heavy (non-hydrogen) atoms. The molecular weight excluding hydrogens is 329 g/mol. The summed E-state index contributed by atoms with van der Waals surface area (Å²) in [5.74, 6) is 0. The Morgan fingerprint density at radius 2 is 2.12 bits per heavy atom. The molecule has 0 aliphatic carbocycles. The Labute approximate surface area is 111 Å². The van der Waals surface area contributed by atoms with E-state index in [1.807, 2.05) is 29.5 Å². The number of halogens is 1. The van der Waals surface area contributed by atoms with Crippen LogP contribution in [0.5, 0.6) is 0 Å². The molecule has 3 rings (SSSR count). The van der Waals surface area contributed by atoms with Crippen LogP contribution in [0.25, 0.3) is 16.6 Å². The van der Waals surface area contributed by atoms with Gasteiger partial charge in [-0.15, -0.1) is 0 Å². The highest BCUT2D eigenvalue weighted by atomic mass is 127. The van der Waals surface area contributed by atoms with E-state index in [2.05, 4.69) is 27.6 Å². The summed E-state index contributed by atoms with van der Waals surface area (Å²) in [4.78, 5) is 16.5. The summed E-state index contributed by atoms with van der Waals surface area (Å²) in [5, 5.41) is 0.730. The van der Waals surface area contributed by atoms with Crippen molar-refractivity contribution in [1.29, 1.82) is 0 Å². The largest absolute Gasteiger partial charge is 0.295 e. The van der Waals surface area contributed by atoms with E-state index >= 15 is 0 Å². The lowest BCUT2D eigenvalue weighted by molar-refractivity contribution is 0.879. The van der Waals surface area contributed by atoms with Gasteiger partial charge >= 0.3 is 0 Å². The van der Waals surface area contributed by atoms with E-state index in [9.17, 15) is 4.79 Å². The maximum atomic E-state index is 12.3. The molecular formula is C12H10IN3O. The van der Waals surface area contributed by atoms with Crippen LogP contribution in [0.2, 0.25) is 0 Å². The van der Waals surface area contributed by atoms with E-state index in [1.165, 1.54) is 0 Å². The van der Waals surface area contributed by atoms with Crippen LogP contribution in [0.1, 0.15) is 5.56 Å². The molecule has 0 unspecified atom stereocenters. The average molecular weight is 339 g/mol. The van der Waals surface area contributed by atoms with E-state index < -0.39 is 0 Å². The number of nitrogens with zero attached hydrogens (tertiary/aromatic N) is 3.